The third kappa shape index (κ3) is 5.91. The predicted molar refractivity (Wildman–Crippen MR) is 112 cm³/mol. The highest BCUT2D eigenvalue weighted by atomic mass is 79.9. The van der Waals surface area contributed by atoms with E-state index < -0.39 is 6.10 Å². The van der Waals surface area contributed by atoms with E-state index in [2.05, 4.69) is 33.0 Å². The van der Waals surface area contributed by atoms with Crippen molar-refractivity contribution in [2.45, 2.75) is 26.0 Å². The number of amides is 1. The van der Waals surface area contributed by atoms with Gasteiger partial charge in [-0.3, -0.25) is 14.5 Å². The number of halogens is 1. The highest BCUT2D eigenvalue weighted by Crippen LogP contribution is 2.13. The van der Waals surface area contributed by atoms with Crippen LogP contribution in [0.4, 0.5) is 0 Å². The van der Waals surface area contributed by atoms with Crippen LogP contribution in [-0.2, 0) is 27.3 Å². The maximum absolute atomic E-state index is 12.6. The standard InChI is InChI=1S/C22H25BrN2O3/c1-17(28-21(26)15-18-7-9-20(23)10-8-18)22(27)25-13-11-24(12-14-25)16-19-5-3-2-4-6-19/h2-10,17H,11-16H2,1H3. The zero-order valence-electron chi connectivity index (χ0n) is 16.0. The molecule has 0 N–H and O–H groups in total. The summed E-state index contributed by atoms with van der Waals surface area (Å²) in [6.45, 7) is 5.49. The summed E-state index contributed by atoms with van der Waals surface area (Å²) in [5, 5.41) is 0. The Morgan fingerprint density at radius 2 is 1.61 bits per heavy atom. The summed E-state index contributed by atoms with van der Waals surface area (Å²) in [7, 11) is 0. The third-order valence-electron chi connectivity index (χ3n) is 4.85. The summed E-state index contributed by atoms with van der Waals surface area (Å²) >= 11 is 3.37. The van der Waals surface area contributed by atoms with Gasteiger partial charge in [0.25, 0.3) is 5.91 Å². The van der Waals surface area contributed by atoms with E-state index in [1.54, 1.807) is 11.8 Å². The summed E-state index contributed by atoms with van der Waals surface area (Å²) in [6, 6.07) is 17.8. The highest BCUT2D eigenvalue weighted by molar-refractivity contribution is 9.10. The normalized spacial score (nSPS) is 15.9. The van der Waals surface area contributed by atoms with E-state index in [0.717, 1.165) is 29.7 Å². The number of hydrogen-bond acceptors (Lipinski definition) is 4. The fraction of sp³-hybridized carbons (Fsp3) is 0.364. The number of carbonyl (C=O) groups excluding carboxylic acids is 2. The first-order valence-electron chi connectivity index (χ1n) is 9.50. The van der Waals surface area contributed by atoms with E-state index in [0.29, 0.717) is 13.1 Å². The summed E-state index contributed by atoms with van der Waals surface area (Å²) in [5.41, 5.74) is 2.14. The SMILES string of the molecule is CC(OC(=O)Cc1ccc(Br)cc1)C(=O)N1CCN(Cc2ccccc2)CC1. The first-order chi connectivity index (χ1) is 13.5. The molecule has 1 aliphatic rings. The summed E-state index contributed by atoms with van der Waals surface area (Å²) in [5.74, 6) is -0.505. The second-order valence-electron chi connectivity index (χ2n) is 7.02. The molecule has 1 fully saturated rings. The predicted octanol–water partition coefficient (Wildman–Crippen LogP) is 3.27. The van der Waals surface area contributed by atoms with Crippen LogP contribution in [0.3, 0.4) is 0 Å². The van der Waals surface area contributed by atoms with Gasteiger partial charge in [-0.05, 0) is 30.2 Å². The molecule has 0 spiro atoms. The lowest BCUT2D eigenvalue weighted by molar-refractivity contribution is -0.159. The molecule has 1 saturated heterocycles. The molecule has 0 bridgehead atoms. The van der Waals surface area contributed by atoms with Crippen molar-refractivity contribution in [3.05, 3.63) is 70.2 Å². The maximum atomic E-state index is 12.6. The van der Waals surface area contributed by atoms with E-state index in [1.807, 2.05) is 42.5 Å². The lowest BCUT2D eigenvalue weighted by Gasteiger charge is -2.35. The van der Waals surface area contributed by atoms with Crippen molar-refractivity contribution >= 4 is 27.8 Å². The second-order valence-corrected chi connectivity index (χ2v) is 7.94. The van der Waals surface area contributed by atoms with Gasteiger partial charge in [0.2, 0.25) is 0 Å². The van der Waals surface area contributed by atoms with Crippen LogP contribution in [0.15, 0.2) is 59.1 Å². The Morgan fingerprint density at radius 3 is 2.25 bits per heavy atom. The summed E-state index contributed by atoms with van der Waals surface area (Å²) < 4.78 is 6.32. The molecule has 1 unspecified atom stereocenters. The molecular weight excluding hydrogens is 420 g/mol. The zero-order valence-corrected chi connectivity index (χ0v) is 17.6. The second kappa shape index (κ2) is 9.85. The van der Waals surface area contributed by atoms with Crippen molar-refractivity contribution in [1.82, 2.24) is 9.80 Å². The minimum absolute atomic E-state index is 0.122. The number of rotatable bonds is 6. The van der Waals surface area contributed by atoms with E-state index in [1.165, 1.54) is 5.56 Å². The molecule has 3 rings (SSSR count). The molecule has 0 aliphatic carbocycles. The Hall–Kier alpha value is -2.18. The minimum Gasteiger partial charge on any atom is -0.452 e. The first-order valence-corrected chi connectivity index (χ1v) is 10.3. The fourth-order valence-corrected chi connectivity index (χ4v) is 3.55. The van der Waals surface area contributed by atoms with Gasteiger partial charge in [-0.2, -0.15) is 0 Å². The molecular formula is C22H25BrN2O3. The molecule has 0 radical (unpaired) electrons. The smallest absolute Gasteiger partial charge is 0.311 e. The monoisotopic (exact) mass is 444 g/mol. The van der Waals surface area contributed by atoms with E-state index in [4.69, 9.17) is 4.74 Å². The number of benzene rings is 2. The molecule has 148 valence electrons. The van der Waals surface area contributed by atoms with Gasteiger partial charge in [-0.1, -0.05) is 58.4 Å². The minimum atomic E-state index is -0.761. The lowest BCUT2D eigenvalue weighted by atomic mass is 10.1. The van der Waals surface area contributed by atoms with Crippen LogP contribution in [0.2, 0.25) is 0 Å². The lowest BCUT2D eigenvalue weighted by Crippen LogP contribution is -2.51. The molecule has 0 aromatic heterocycles. The number of nitrogens with zero attached hydrogens (tertiary/aromatic N) is 2. The molecule has 1 amide bonds. The van der Waals surface area contributed by atoms with Crippen molar-refractivity contribution in [3.63, 3.8) is 0 Å². The average Bonchev–Trinajstić information content (AvgIpc) is 2.70. The first kappa shape index (κ1) is 20.6. The van der Waals surface area contributed by atoms with Gasteiger partial charge in [0.05, 0.1) is 6.42 Å². The van der Waals surface area contributed by atoms with Crippen LogP contribution in [0.1, 0.15) is 18.1 Å². The van der Waals surface area contributed by atoms with Crippen LogP contribution < -0.4 is 0 Å². The van der Waals surface area contributed by atoms with E-state index in [9.17, 15) is 9.59 Å². The van der Waals surface area contributed by atoms with Gasteiger partial charge < -0.3 is 9.64 Å². The van der Waals surface area contributed by atoms with Gasteiger partial charge in [0, 0.05) is 37.2 Å². The molecule has 1 atom stereocenters. The highest BCUT2D eigenvalue weighted by Gasteiger charge is 2.27. The number of esters is 1. The molecule has 5 nitrogen and oxygen atoms in total. The average molecular weight is 445 g/mol. The molecule has 6 heteroatoms. The quantitative estimate of drug-likeness (QED) is 0.641. The molecule has 28 heavy (non-hydrogen) atoms. The molecule has 2 aromatic rings. The molecule has 1 aliphatic heterocycles. The summed E-state index contributed by atoms with van der Waals surface area (Å²) in [6.07, 6.45) is -0.598. The van der Waals surface area contributed by atoms with Crippen molar-refractivity contribution in [2.24, 2.45) is 0 Å². The zero-order chi connectivity index (χ0) is 19.9. The fourth-order valence-electron chi connectivity index (χ4n) is 3.28. The third-order valence-corrected chi connectivity index (χ3v) is 5.38. The van der Waals surface area contributed by atoms with Crippen LogP contribution >= 0.6 is 15.9 Å². The van der Waals surface area contributed by atoms with Gasteiger partial charge in [0.15, 0.2) is 6.10 Å². The Balaban J connectivity index is 1.43. The van der Waals surface area contributed by atoms with Crippen LogP contribution in [-0.4, -0.2) is 54.0 Å². The Bertz CT molecular complexity index is 787. The largest absolute Gasteiger partial charge is 0.452 e. The van der Waals surface area contributed by atoms with Gasteiger partial charge in [-0.25, -0.2) is 0 Å². The topological polar surface area (TPSA) is 49.9 Å². The molecule has 0 saturated carbocycles. The van der Waals surface area contributed by atoms with Crippen LogP contribution in [0.5, 0.6) is 0 Å². The molecule has 2 aromatic carbocycles. The van der Waals surface area contributed by atoms with Crippen LogP contribution in [0, 0.1) is 0 Å². The van der Waals surface area contributed by atoms with E-state index in [-0.39, 0.29) is 18.3 Å². The Morgan fingerprint density at radius 1 is 0.964 bits per heavy atom. The maximum Gasteiger partial charge on any atom is 0.311 e. The van der Waals surface area contributed by atoms with Gasteiger partial charge in [0.1, 0.15) is 0 Å². The number of carbonyl (C=O) groups is 2. The van der Waals surface area contributed by atoms with Gasteiger partial charge >= 0.3 is 5.97 Å². The van der Waals surface area contributed by atoms with Crippen molar-refractivity contribution in [1.29, 1.82) is 0 Å². The Kier molecular flexibility index (Phi) is 7.23. The number of hydrogen-bond donors (Lipinski definition) is 0. The van der Waals surface area contributed by atoms with E-state index >= 15 is 0 Å². The number of ether oxygens (including phenoxy) is 1. The van der Waals surface area contributed by atoms with Gasteiger partial charge in [-0.15, -0.1) is 0 Å². The van der Waals surface area contributed by atoms with Crippen molar-refractivity contribution in [3.8, 4) is 0 Å². The number of piperazine rings is 1. The Labute approximate surface area is 174 Å². The summed E-state index contributed by atoms with van der Waals surface area (Å²) in [4.78, 5) is 28.9. The van der Waals surface area contributed by atoms with Crippen molar-refractivity contribution < 1.29 is 14.3 Å². The van der Waals surface area contributed by atoms with Crippen molar-refractivity contribution in [2.75, 3.05) is 26.2 Å². The van der Waals surface area contributed by atoms with Crippen LogP contribution in [0.25, 0.3) is 0 Å². The molecule has 1 heterocycles.